The number of anilines is 1. The summed E-state index contributed by atoms with van der Waals surface area (Å²) in [6.45, 7) is 0.548. The Morgan fingerprint density at radius 3 is 3.04 bits per heavy atom. The summed E-state index contributed by atoms with van der Waals surface area (Å²) >= 11 is 10.8. The third-order valence-corrected chi connectivity index (χ3v) is 6.48. The quantitative estimate of drug-likeness (QED) is 0.695. The highest BCUT2D eigenvalue weighted by atomic mass is 79.9. The second kappa shape index (κ2) is 7.73. The van der Waals surface area contributed by atoms with E-state index >= 15 is 0 Å². The van der Waals surface area contributed by atoms with Gasteiger partial charge in [-0.15, -0.1) is 11.8 Å². The highest BCUT2D eigenvalue weighted by Crippen LogP contribution is 2.39. The summed E-state index contributed by atoms with van der Waals surface area (Å²) in [7, 11) is 0. The SMILES string of the molecule is O=C(CC1Sc2ccc(Cl)cc2NC1=O)NC1CCOc2ccc(Br)cc21. The highest BCUT2D eigenvalue weighted by molar-refractivity contribution is 9.10. The number of ether oxygens (including phenoxy) is 1. The van der Waals surface area contributed by atoms with E-state index in [2.05, 4.69) is 26.6 Å². The predicted molar refractivity (Wildman–Crippen MR) is 109 cm³/mol. The van der Waals surface area contributed by atoms with Gasteiger partial charge in [-0.05, 0) is 36.4 Å². The van der Waals surface area contributed by atoms with E-state index in [0.717, 1.165) is 20.7 Å². The second-order valence-corrected chi connectivity index (χ2v) is 8.98. The Morgan fingerprint density at radius 1 is 1.33 bits per heavy atom. The monoisotopic (exact) mass is 466 g/mol. The van der Waals surface area contributed by atoms with Gasteiger partial charge in [0.05, 0.1) is 23.6 Å². The van der Waals surface area contributed by atoms with Crippen molar-refractivity contribution in [3.63, 3.8) is 0 Å². The number of carbonyl (C=O) groups is 2. The fourth-order valence-electron chi connectivity index (χ4n) is 3.19. The van der Waals surface area contributed by atoms with Gasteiger partial charge in [0.1, 0.15) is 5.75 Å². The first-order valence-corrected chi connectivity index (χ1v) is 10.5. The number of nitrogens with one attached hydrogen (secondary N) is 2. The normalized spacial score (nSPS) is 20.7. The fourth-order valence-corrected chi connectivity index (χ4v) is 4.84. The molecular formula is C19H16BrClN2O3S. The molecule has 5 nitrogen and oxygen atoms in total. The minimum atomic E-state index is -0.472. The molecule has 8 heteroatoms. The van der Waals surface area contributed by atoms with E-state index in [1.165, 1.54) is 11.8 Å². The third kappa shape index (κ3) is 4.10. The first-order valence-electron chi connectivity index (χ1n) is 8.48. The van der Waals surface area contributed by atoms with Crippen molar-refractivity contribution in [2.75, 3.05) is 11.9 Å². The molecule has 0 fully saturated rings. The maximum Gasteiger partial charge on any atom is 0.238 e. The number of fused-ring (bicyclic) bond motifs is 2. The molecule has 0 bridgehead atoms. The van der Waals surface area contributed by atoms with Crippen LogP contribution in [0.2, 0.25) is 5.02 Å². The van der Waals surface area contributed by atoms with Gasteiger partial charge in [0.15, 0.2) is 0 Å². The number of carbonyl (C=O) groups excluding carboxylic acids is 2. The predicted octanol–water partition coefficient (Wildman–Crippen LogP) is 4.55. The van der Waals surface area contributed by atoms with Crippen LogP contribution in [0.15, 0.2) is 45.8 Å². The summed E-state index contributed by atoms with van der Waals surface area (Å²) in [4.78, 5) is 25.9. The maximum atomic E-state index is 12.6. The molecule has 0 aliphatic carbocycles. The fraction of sp³-hybridized carbons (Fsp3) is 0.263. The van der Waals surface area contributed by atoms with Gasteiger partial charge < -0.3 is 15.4 Å². The summed E-state index contributed by atoms with van der Waals surface area (Å²) in [6, 6.07) is 11.0. The summed E-state index contributed by atoms with van der Waals surface area (Å²) in [5.74, 6) is 0.447. The topological polar surface area (TPSA) is 67.4 Å². The van der Waals surface area contributed by atoms with Gasteiger partial charge >= 0.3 is 0 Å². The molecule has 0 saturated heterocycles. The Bertz CT molecular complexity index is 924. The van der Waals surface area contributed by atoms with Crippen LogP contribution in [0.5, 0.6) is 5.75 Å². The van der Waals surface area contributed by atoms with Crippen LogP contribution in [0, 0.1) is 0 Å². The van der Waals surface area contributed by atoms with E-state index in [1.54, 1.807) is 12.1 Å². The Balaban J connectivity index is 1.44. The van der Waals surface area contributed by atoms with Gasteiger partial charge in [0, 0.05) is 32.8 Å². The van der Waals surface area contributed by atoms with Crippen LogP contribution in [0.3, 0.4) is 0 Å². The molecule has 2 aromatic carbocycles. The molecule has 2 heterocycles. The van der Waals surface area contributed by atoms with Crippen LogP contribution < -0.4 is 15.4 Å². The van der Waals surface area contributed by atoms with Crippen LogP contribution in [-0.4, -0.2) is 23.7 Å². The molecule has 0 aromatic heterocycles. The zero-order valence-corrected chi connectivity index (χ0v) is 17.3. The Kier molecular flexibility index (Phi) is 5.34. The van der Waals surface area contributed by atoms with Gasteiger partial charge in [-0.2, -0.15) is 0 Å². The van der Waals surface area contributed by atoms with Crippen molar-refractivity contribution in [1.29, 1.82) is 0 Å². The number of rotatable bonds is 3. The molecule has 2 aliphatic rings. The number of hydrogen-bond donors (Lipinski definition) is 2. The molecular weight excluding hydrogens is 452 g/mol. The van der Waals surface area contributed by atoms with E-state index in [0.29, 0.717) is 23.7 Å². The number of hydrogen-bond acceptors (Lipinski definition) is 4. The largest absolute Gasteiger partial charge is 0.493 e. The van der Waals surface area contributed by atoms with E-state index < -0.39 is 5.25 Å². The minimum Gasteiger partial charge on any atom is -0.493 e. The van der Waals surface area contributed by atoms with Crippen LogP contribution >= 0.6 is 39.3 Å². The Morgan fingerprint density at radius 2 is 2.19 bits per heavy atom. The smallest absolute Gasteiger partial charge is 0.238 e. The number of benzene rings is 2. The summed E-state index contributed by atoms with van der Waals surface area (Å²) in [5, 5.41) is 5.97. The van der Waals surface area contributed by atoms with Gasteiger partial charge in [-0.3, -0.25) is 9.59 Å². The van der Waals surface area contributed by atoms with Crippen LogP contribution in [0.4, 0.5) is 5.69 Å². The van der Waals surface area contributed by atoms with Crippen molar-refractivity contribution >= 4 is 56.8 Å². The molecule has 2 aromatic rings. The zero-order valence-electron chi connectivity index (χ0n) is 14.1. The highest BCUT2D eigenvalue weighted by Gasteiger charge is 2.31. The summed E-state index contributed by atoms with van der Waals surface area (Å²) in [6.07, 6.45) is 0.805. The molecule has 4 rings (SSSR count). The lowest BCUT2D eigenvalue weighted by Crippen LogP contribution is -2.37. The zero-order chi connectivity index (χ0) is 19.0. The number of thioether (sulfide) groups is 1. The molecule has 0 saturated carbocycles. The molecule has 27 heavy (non-hydrogen) atoms. The molecule has 0 spiro atoms. The van der Waals surface area contributed by atoms with Crippen molar-refractivity contribution in [3.05, 3.63) is 51.5 Å². The average molecular weight is 468 g/mol. The van der Waals surface area contributed by atoms with Crippen LogP contribution in [-0.2, 0) is 9.59 Å². The standard InChI is InChI=1S/C19H16BrClN2O3S/c20-10-1-3-15-12(7-10)13(5-6-26-15)22-18(24)9-17-19(25)23-14-8-11(21)2-4-16(14)27-17/h1-4,7-8,13,17H,5-6,9H2,(H,22,24)(H,23,25). The maximum absolute atomic E-state index is 12.6. The van der Waals surface area contributed by atoms with E-state index in [-0.39, 0.29) is 24.3 Å². The van der Waals surface area contributed by atoms with Crippen molar-refractivity contribution in [3.8, 4) is 5.75 Å². The lowest BCUT2D eigenvalue weighted by atomic mass is 10.0. The third-order valence-electron chi connectivity index (χ3n) is 4.48. The summed E-state index contributed by atoms with van der Waals surface area (Å²) in [5.41, 5.74) is 1.64. The molecule has 2 aliphatic heterocycles. The molecule has 0 radical (unpaired) electrons. The van der Waals surface area contributed by atoms with Gasteiger partial charge in [0.2, 0.25) is 11.8 Å². The van der Waals surface area contributed by atoms with Crippen molar-refractivity contribution in [2.24, 2.45) is 0 Å². The molecule has 140 valence electrons. The molecule has 2 N–H and O–H groups in total. The number of halogens is 2. The van der Waals surface area contributed by atoms with Crippen molar-refractivity contribution < 1.29 is 14.3 Å². The Labute approximate surface area is 174 Å². The minimum absolute atomic E-state index is 0.110. The lowest BCUT2D eigenvalue weighted by molar-refractivity contribution is -0.124. The van der Waals surface area contributed by atoms with Gasteiger partial charge in [-0.1, -0.05) is 27.5 Å². The van der Waals surface area contributed by atoms with E-state index in [1.807, 2.05) is 24.3 Å². The molecule has 2 amide bonds. The van der Waals surface area contributed by atoms with Gasteiger partial charge in [-0.25, -0.2) is 0 Å². The average Bonchev–Trinajstić information content (AvgIpc) is 2.63. The first-order chi connectivity index (χ1) is 13.0. The lowest BCUT2D eigenvalue weighted by Gasteiger charge is -2.28. The molecule has 2 atom stereocenters. The van der Waals surface area contributed by atoms with Crippen LogP contribution in [0.25, 0.3) is 0 Å². The van der Waals surface area contributed by atoms with E-state index in [4.69, 9.17) is 16.3 Å². The van der Waals surface area contributed by atoms with Gasteiger partial charge in [0.25, 0.3) is 0 Å². The second-order valence-electron chi connectivity index (χ2n) is 6.38. The first kappa shape index (κ1) is 18.7. The Hall–Kier alpha value is -1.70. The van der Waals surface area contributed by atoms with Crippen LogP contribution in [0.1, 0.15) is 24.4 Å². The number of amides is 2. The van der Waals surface area contributed by atoms with E-state index in [9.17, 15) is 9.59 Å². The van der Waals surface area contributed by atoms with Crippen molar-refractivity contribution in [1.82, 2.24) is 5.32 Å². The summed E-state index contributed by atoms with van der Waals surface area (Å²) < 4.78 is 6.59. The van der Waals surface area contributed by atoms with Crippen molar-refractivity contribution in [2.45, 2.75) is 29.0 Å². The molecule has 2 unspecified atom stereocenters.